The molecule has 0 aliphatic rings. The van der Waals surface area contributed by atoms with Crippen LogP contribution in [0.2, 0.25) is 0 Å². The molecule has 0 saturated carbocycles. The van der Waals surface area contributed by atoms with E-state index in [1.165, 1.54) is 6.07 Å². The third-order valence-corrected chi connectivity index (χ3v) is 3.61. The fourth-order valence-electron chi connectivity index (χ4n) is 1.44. The van der Waals surface area contributed by atoms with Crippen LogP contribution in [-0.2, 0) is 11.3 Å². The number of rotatable bonds is 5. The molecule has 0 fully saturated rings. The first-order valence-electron chi connectivity index (χ1n) is 5.02. The minimum absolute atomic E-state index is 0.0807. The summed E-state index contributed by atoms with van der Waals surface area (Å²) in [6, 6.07) is 3.12. The number of hydrogen-bond acceptors (Lipinski definition) is 6. The van der Waals surface area contributed by atoms with Crippen molar-refractivity contribution in [3.63, 3.8) is 0 Å². The van der Waals surface area contributed by atoms with Crippen LogP contribution >= 0.6 is 23.6 Å². The van der Waals surface area contributed by atoms with Gasteiger partial charge in [0, 0.05) is 13.2 Å². The number of methoxy groups -OCH3 is 1. The normalized spacial score (nSPS) is 10.7. The Morgan fingerprint density at radius 3 is 3.06 bits per heavy atom. The highest BCUT2D eigenvalue weighted by Crippen LogP contribution is 2.31. The van der Waals surface area contributed by atoms with Gasteiger partial charge >= 0.3 is 5.00 Å². The Labute approximate surface area is 111 Å². The van der Waals surface area contributed by atoms with Gasteiger partial charge in [-0.1, -0.05) is 11.3 Å². The third kappa shape index (κ3) is 2.47. The summed E-state index contributed by atoms with van der Waals surface area (Å²) < 4.78 is 7.22. The lowest BCUT2D eigenvalue weighted by molar-refractivity contribution is -0.380. The SMILES string of the molecule is COCCn1c(-c2ccc([N+](=O)[O-])s2)n[nH]c1=S. The molecule has 0 bridgehead atoms. The van der Waals surface area contributed by atoms with Crippen molar-refractivity contribution in [1.29, 1.82) is 0 Å². The molecule has 0 saturated heterocycles. The lowest BCUT2D eigenvalue weighted by Crippen LogP contribution is -2.05. The van der Waals surface area contributed by atoms with Crippen LogP contribution in [0, 0.1) is 14.9 Å². The summed E-state index contributed by atoms with van der Waals surface area (Å²) in [4.78, 5) is 10.9. The monoisotopic (exact) mass is 286 g/mol. The van der Waals surface area contributed by atoms with E-state index < -0.39 is 4.92 Å². The standard InChI is InChI=1S/C9H10N4O3S2/c1-16-5-4-12-8(10-11-9(12)17)6-2-3-7(18-6)13(14)15/h2-3H,4-5H2,1H3,(H,11,17). The molecule has 0 atom stereocenters. The number of hydrogen-bond donors (Lipinski definition) is 1. The van der Waals surface area contributed by atoms with Gasteiger partial charge in [0.25, 0.3) is 0 Å². The molecule has 7 nitrogen and oxygen atoms in total. The van der Waals surface area contributed by atoms with Crippen molar-refractivity contribution in [2.75, 3.05) is 13.7 Å². The number of aromatic nitrogens is 3. The average Bonchev–Trinajstić information content (AvgIpc) is 2.93. The number of H-pyrrole nitrogens is 1. The quantitative estimate of drug-likeness (QED) is 0.517. The lowest BCUT2D eigenvalue weighted by Gasteiger charge is -2.03. The zero-order valence-corrected chi connectivity index (χ0v) is 11.1. The molecule has 0 amide bonds. The van der Waals surface area contributed by atoms with E-state index in [9.17, 15) is 10.1 Å². The summed E-state index contributed by atoms with van der Waals surface area (Å²) >= 11 is 6.17. The molecule has 0 spiro atoms. The largest absolute Gasteiger partial charge is 0.383 e. The van der Waals surface area contributed by atoms with E-state index in [1.807, 2.05) is 0 Å². The predicted molar refractivity (Wildman–Crippen MR) is 69.3 cm³/mol. The number of nitro groups is 1. The number of ether oxygens (including phenoxy) is 1. The second-order valence-corrected chi connectivity index (χ2v) is 4.84. The van der Waals surface area contributed by atoms with Gasteiger partial charge in [-0.3, -0.25) is 19.8 Å². The summed E-state index contributed by atoms with van der Waals surface area (Å²) in [5.41, 5.74) is 0. The number of nitrogens with one attached hydrogen (secondary N) is 1. The predicted octanol–water partition coefficient (Wildman–Crippen LogP) is 2.22. The Morgan fingerprint density at radius 2 is 2.44 bits per heavy atom. The van der Waals surface area contributed by atoms with E-state index in [1.54, 1.807) is 17.7 Å². The van der Waals surface area contributed by atoms with Crippen LogP contribution in [0.15, 0.2) is 12.1 Å². The zero-order valence-electron chi connectivity index (χ0n) is 9.45. The van der Waals surface area contributed by atoms with Crippen molar-refractivity contribution in [1.82, 2.24) is 14.8 Å². The Morgan fingerprint density at radius 1 is 1.67 bits per heavy atom. The Hall–Kier alpha value is -1.58. The molecular weight excluding hydrogens is 276 g/mol. The van der Waals surface area contributed by atoms with Crippen LogP contribution in [0.4, 0.5) is 5.00 Å². The van der Waals surface area contributed by atoms with Gasteiger partial charge in [0.15, 0.2) is 10.6 Å². The summed E-state index contributed by atoms with van der Waals surface area (Å²) in [6.07, 6.45) is 0. The maximum Gasteiger partial charge on any atom is 0.324 e. The van der Waals surface area contributed by atoms with Gasteiger partial charge in [-0.25, -0.2) is 0 Å². The highest BCUT2D eigenvalue weighted by atomic mass is 32.1. The Balaban J connectivity index is 2.37. The van der Waals surface area contributed by atoms with Gasteiger partial charge in [-0.15, -0.1) is 0 Å². The van der Waals surface area contributed by atoms with E-state index in [2.05, 4.69) is 10.2 Å². The van der Waals surface area contributed by atoms with Crippen molar-refractivity contribution < 1.29 is 9.66 Å². The van der Waals surface area contributed by atoms with Crippen LogP contribution in [0.3, 0.4) is 0 Å². The van der Waals surface area contributed by atoms with Crippen molar-refractivity contribution in [2.24, 2.45) is 0 Å². The minimum Gasteiger partial charge on any atom is -0.383 e. The molecule has 1 N–H and O–H groups in total. The lowest BCUT2D eigenvalue weighted by atomic mass is 10.4. The van der Waals surface area contributed by atoms with E-state index in [0.29, 0.717) is 28.6 Å². The van der Waals surface area contributed by atoms with E-state index in [-0.39, 0.29) is 5.00 Å². The first kappa shape index (κ1) is 12.9. The maximum absolute atomic E-state index is 10.6. The summed E-state index contributed by atoms with van der Waals surface area (Å²) in [5, 5.41) is 17.5. The van der Waals surface area contributed by atoms with E-state index >= 15 is 0 Å². The number of aromatic amines is 1. The van der Waals surface area contributed by atoms with Crippen LogP contribution in [-0.4, -0.2) is 33.4 Å². The molecule has 9 heteroatoms. The molecule has 2 rings (SSSR count). The molecule has 18 heavy (non-hydrogen) atoms. The average molecular weight is 286 g/mol. The van der Waals surface area contributed by atoms with Gasteiger partial charge in [-0.2, -0.15) is 5.10 Å². The molecule has 2 aromatic rings. The van der Waals surface area contributed by atoms with Crippen LogP contribution in [0.25, 0.3) is 10.7 Å². The third-order valence-electron chi connectivity index (χ3n) is 2.27. The second kappa shape index (κ2) is 5.38. The van der Waals surface area contributed by atoms with Gasteiger partial charge in [0.2, 0.25) is 0 Å². The number of thiophene rings is 1. The van der Waals surface area contributed by atoms with E-state index in [4.69, 9.17) is 17.0 Å². The van der Waals surface area contributed by atoms with Gasteiger partial charge in [0.1, 0.15) is 0 Å². The Kier molecular flexibility index (Phi) is 3.84. The fourth-order valence-corrected chi connectivity index (χ4v) is 2.48. The van der Waals surface area contributed by atoms with E-state index in [0.717, 1.165) is 11.3 Å². The van der Waals surface area contributed by atoms with Crippen molar-refractivity contribution in [2.45, 2.75) is 6.54 Å². The second-order valence-electron chi connectivity index (χ2n) is 3.39. The molecule has 0 aliphatic carbocycles. The molecule has 0 aromatic carbocycles. The molecule has 96 valence electrons. The van der Waals surface area contributed by atoms with Crippen LogP contribution in [0.5, 0.6) is 0 Å². The maximum atomic E-state index is 10.6. The summed E-state index contributed by atoms with van der Waals surface area (Å²) in [7, 11) is 1.60. The molecule has 0 unspecified atom stereocenters. The Bertz CT molecular complexity index is 615. The van der Waals surface area contributed by atoms with Crippen LogP contribution < -0.4 is 0 Å². The molecule has 0 aliphatic heterocycles. The molecule has 2 aromatic heterocycles. The summed E-state index contributed by atoms with van der Waals surface area (Å²) in [5.74, 6) is 0.593. The van der Waals surface area contributed by atoms with Crippen molar-refractivity contribution in [3.8, 4) is 10.7 Å². The summed E-state index contributed by atoms with van der Waals surface area (Å²) in [6.45, 7) is 1.04. The zero-order chi connectivity index (χ0) is 13.1. The first-order valence-corrected chi connectivity index (χ1v) is 6.24. The van der Waals surface area contributed by atoms with Crippen molar-refractivity contribution >= 4 is 28.6 Å². The smallest absolute Gasteiger partial charge is 0.324 e. The molecule has 2 heterocycles. The number of nitrogens with zero attached hydrogens (tertiary/aromatic N) is 3. The minimum atomic E-state index is -0.422. The van der Waals surface area contributed by atoms with Crippen molar-refractivity contribution in [3.05, 3.63) is 27.0 Å². The fraction of sp³-hybridized carbons (Fsp3) is 0.333. The molecule has 0 radical (unpaired) electrons. The first-order chi connectivity index (χ1) is 8.63. The molecular formula is C9H10N4O3S2. The van der Waals surface area contributed by atoms with Gasteiger partial charge in [-0.05, 0) is 18.3 Å². The van der Waals surface area contributed by atoms with Gasteiger partial charge in [0.05, 0.1) is 23.0 Å². The topological polar surface area (TPSA) is 86.0 Å². The van der Waals surface area contributed by atoms with Gasteiger partial charge < -0.3 is 4.74 Å². The highest BCUT2D eigenvalue weighted by molar-refractivity contribution is 7.71. The van der Waals surface area contributed by atoms with Crippen LogP contribution in [0.1, 0.15) is 0 Å². The highest BCUT2D eigenvalue weighted by Gasteiger charge is 2.15.